The van der Waals surface area contributed by atoms with E-state index in [2.05, 4.69) is 20.4 Å². The molecular formula is C38H37F4N7O4. The second kappa shape index (κ2) is 14.4. The Morgan fingerprint density at radius 1 is 1.04 bits per heavy atom. The Bertz CT molecular complexity index is 2100. The number of hydrogen-bond donors (Lipinski definition) is 3. The summed E-state index contributed by atoms with van der Waals surface area (Å²) in [4.78, 5) is 21.7. The third kappa shape index (κ3) is 7.89. The van der Waals surface area contributed by atoms with Crippen molar-refractivity contribution in [1.29, 1.82) is 0 Å². The molecule has 2 fully saturated rings. The van der Waals surface area contributed by atoms with Crippen LogP contribution in [0.2, 0.25) is 0 Å². The third-order valence-electron chi connectivity index (χ3n) is 9.83. The molecule has 1 unspecified atom stereocenters. The van der Waals surface area contributed by atoms with Gasteiger partial charge in [-0.25, -0.2) is 9.07 Å². The molecule has 276 valence electrons. The molecule has 1 spiro atoms. The van der Waals surface area contributed by atoms with Gasteiger partial charge in [0.2, 0.25) is 17.9 Å². The summed E-state index contributed by atoms with van der Waals surface area (Å²) in [6.45, 7) is 3.45. The number of hydrogen-bond acceptors (Lipinski definition) is 9. The van der Waals surface area contributed by atoms with Gasteiger partial charge in [-0.1, -0.05) is 48.5 Å². The average molecular weight is 732 g/mol. The van der Waals surface area contributed by atoms with Gasteiger partial charge in [0.05, 0.1) is 11.4 Å². The van der Waals surface area contributed by atoms with Gasteiger partial charge in [0, 0.05) is 37.5 Å². The molecule has 2 aliphatic rings. The number of nitrogens with one attached hydrogen (secondary N) is 1. The van der Waals surface area contributed by atoms with Crippen molar-refractivity contribution in [1.82, 2.24) is 25.1 Å². The second-order valence-corrected chi connectivity index (χ2v) is 13.5. The van der Waals surface area contributed by atoms with Crippen LogP contribution in [0.25, 0.3) is 16.8 Å². The Morgan fingerprint density at radius 3 is 2.43 bits per heavy atom. The maximum Gasteiger partial charge on any atom is 0.429 e. The molecule has 0 amide bonds. The molecule has 0 saturated carbocycles. The Kier molecular flexibility index (Phi) is 9.68. The molecule has 0 bridgehead atoms. The fourth-order valence-electron chi connectivity index (χ4n) is 6.99. The molecule has 5 aromatic rings. The minimum atomic E-state index is -4.91. The van der Waals surface area contributed by atoms with Gasteiger partial charge in [0.1, 0.15) is 18.5 Å². The molecular weight excluding hydrogens is 694 g/mol. The maximum absolute atomic E-state index is 15.2. The van der Waals surface area contributed by atoms with E-state index in [0.29, 0.717) is 61.5 Å². The van der Waals surface area contributed by atoms with E-state index in [1.54, 1.807) is 19.1 Å². The van der Waals surface area contributed by atoms with Gasteiger partial charge >= 0.3 is 12.1 Å². The smallest absolute Gasteiger partial charge is 0.429 e. The standard InChI is InChI=1S/C38H37F4N7O4/c1-23-11-14-49(47-23)30-18-26(25-8-10-31(28(39)17-25)52-21-24-5-3-2-4-6-24)7-9-27(30)34(38(40,41)42)53-33-19-32(45-36(43)46-33)48-15-12-37(13-16-48)20-29(35(50)51)44-22-37/h2-11,14,17-19,29,34,44H,12-13,15-16,20-22H2,1H3,(H,50,51)(H2,43,45,46)/t29-,34?/m0/s1. The first-order valence-electron chi connectivity index (χ1n) is 17.1. The van der Waals surface area contributed by atoms with Crippen LogP contribution in [0.4, 0.5) is 29.3 Å². The highest BCUT2D eigenvalue weighted by atomic mass is 19.4. The van der Waals surface area contributed by atoms with Crippen LogP contribution >= 0.6 is 0 Å². The molecule has 0 aliphatic carbocycles. The largest absolute Gasteiger partial charge is 0.486 e. The van der Waals surface area contributed by atoms with Crippen LogP contribution in [-0.4, -0.2) is 62.7 Å². The number of ether oxygens (including phenoxy) is 2. The quantitative estimate of drug-likeness (QED) is 0.134. The maximum atomic E-state index is 15.2. The normalized spacial score (nSPS) is 17.5. The number of nitrogen functional groups attached to an aromatic ring is 1. The third-order valence-corrected chi connectivity index (χ3v) is 9.83. The number of aryl methyl sites for hydroxylation is 1. The highest BCUT2D eigenvalue weighted by Gasteiger charge is 2.46. The monoisotopic (exact) mass is 731 g/mol. The molecule has 2 saturated heterocycles. The Labute approximate surface area is 302 Å². The minimum Gasteiger partial charge on any atom is -0.486 e. The van der Waals surface area contributed by atoms with Crippen molar-refractivity contribution < 1.29 is 36.9 Å². The van der Waals surface area contributed by atoms with Gasteiger partial charge in [-0.2, -0.15) is 28.2 Å². The zero-order valence-corrected chi connectivity index (χ0v) is 28.7. The van der Waals surface area contributed by atoms with Crippen molar-refractivity contribution in [2.45, 2.75) is 51.1 Å². The molecule has 4 heterocycles. The summed E-state index contributed by atoms with van der Waals surface area (Å²) in [5.41, 5.74) is 7.91. The summed E-state index contributed by atoms with van der Waals surface area (Å²) in [5.74, 6) is -1.80. The van der Waals surface area contributed by atoms with Crippen LogP contribution in [0.3, 0.4) is 0 Å². The zero-order valence-electron chi connectivity index (χ0n) is 28.7. The highest BCUT2D eigenvalue weighted by molar-refractivity contribution is 5.74. The number of nitrogens with two attached hydrogens (primary N) is 1. The summed E-state index contributed by atoms with van der Waals surface area (Å²) in [7, 11) is 0. The summed E-state index contributed by atoms with van der Waals surface area (Å²) >= 11 is 0. The molecule has 4 N–H and O–H groups in total. The molecule has 2 aromatic heterocycles. The van der Waals surface area contributed by atoms with Crippen LogP contribution < -0.4 is 25.4 Å². The number of alkyl halides is 3. The number of nitrogens with zero attached hydrogens (tertiary/aromatic N) is 5. The number of anilines is 2. The molecule has 0 radical (unpaired) electrons. The number of carboxylic acids is 1. The van der Waals surface area contributed by atoms with Crippen molar-refractivity contribution in [2.75, 3.05) is 30.3 Å². The van der Waals surface area contributed by atoms with Crippen molar-refractivity contribution in [2.24, 2.45) is 5.41 Å². The van der Waals surface area contributed by atoms with Crippen LogP contribution in [0.1, 0.15) is 42.2 Å². The lowest BCUT2D eigenvalue weighted by Gasteiger charge is -2.39. The first-order valence-corrected chi connectivity index (χ1v) is 17.1. The molecule has 3 aromatic carbocycles. The van der Waals surface area contributed by atoms with Crippen LogP contribution in [0, 0.1) is 18.2 Å². The highest BCUT2D eigenvalue weighted by Crippen LogP contribution is 2.43. The topological polar surface area (TPSA) is 141 Å². The molecule has 11 nitrogen and oxygen atoms in total. The van der Waals surface area contributed by atoms with Gasteiger partial charge < -0.3 is 30.5 Å². The number of carboxylic acid groups (broad SMARTS) is 1. The van der Waals surface area contributed by atoms with Crippen molar-refractivity contribution in [3.05, 3.63) is 108 Å². The summed E-state index contributed by atoms with van der Waals surface area (Å²) in [6.07, 6.45) is -4.02. The number of aliphatic carboxylic acids is 1. The van der Waals surface area contributed by atoms with Crippen LogP contribution in [0.15, 0.2) is 85.1 Å². The fourth-order valence-corrected chi connectivity index (χ4v) is 6.99. The lowest BCUT2D eigenvalue weighted by molar-refractivity contribution is -0.198. The molecule has 2 atom stereocenters. The number of rotatable bonds is 10. The molecule has 15 heteroatoms. The fraction of sp³-hybridized carbons (Fsp3) is 0.316. The van der Waals surface area contributed by atoms with Crippen molar-refractivity contribution >= 4 is 17.7 Å². The average Bonchev–Trinajstić information content (AvgIpc) is 3.76. The van der Waals surface area contributed by atoms with Gasteiger partial charge in [-0.05, 0) is 72.6 Å². The van der Waals surface area contributed by atoms with E-state index in [4.69, 9.17) is 15.2 Å². The lowest BCUT2D eigenvalue weighted by atomic mass is 9.76. The summed E-state index contributed by atoms with van der Waals surface area (Å²) < 4.78 is 72.8. The second-order valence-electron chi connectivity index (χ2n) is 13.5. The van der Waals surface area contributed by atoms with Gasteiger partial charge in [0.15, 0.2) is 11.6 Å². The number of aromatic nitrogens is 4. The Hall–Kier alpha value is -5.70. The Balaban J connectivity index is 1.16. The van der Waals surface area contributed by atoms with E-state index in [-0.39, 0.29) is 40.9 Å². The van der Waals surface area contributed by atoms with Crippen LogP contribution in [0.5, 0.6) is 11.6 Å². The van der Waals surface area contributed by atoms with Gasteiger partial charge in [-0.15, -0.1) is 0 Å². The van der Waals surface area contributed by atoms with Crippen molar-refractivity contribution in [3.63, 3.8) is 0 Å². The minimum absolute atomic E-state index is 0.0394. The molecule has 7 rings (SSSR count). The zero-order chi connectivity index (χ0) is 37.3. The Morgan fingerprint density at radius 2 is 1.77 bits per heavy atom. The summed E-state index contributed by atoms with van der Waals surface area (Å²) in [6, 6.07) is 20.3. The van der Waals surface area contributed by atoms with Crippen molar-refractivity contribution in [3.8, 4) is 28.4 Å². The van der Waals surface area contributed by atoms with E-state index >= 15 is 4.39 Å². The summed E-state index contributed by atoms with van der Waals surface area (Å²) in [5, 5.41) is 16.9. The molecule has 2 aliphatic heterocycles. The van der Waals surface area contributed by atoms with Gasteiger partial charge in [-0.3, -0.25) is 4.79 Å². The van der Waals surface area contributed by atoms with E-state index in [1.165, 1.54) is 47.3 Å². The molecule has 53 heavy (non-hydrogen) atoms. The van der Waals surface area contributed by atoms with Gasteiger partial charge in [0.25, 0.3) is 0 Å². The lowest BCUT2D eigenvalue weighted by Crippen LogP contribution is -2.41. The number of benzene rings is 3. The van der Waals surface area contributed by atoms with E-state index < -0.39 is 30.1 Å². The number of carbonyl (C=O) groups is 1. The van der Waals surface area contributed by atoms with Crippen LogP contribution in [-0.2, 0) is 11.4 Å². The first kappa shape index (κ1) is 35.7. The van der Waals surface area contributed by atoms with E-state index in [1.807, 2.05) is 35.2 Å². The first-order chi connectivity index (χ1) is 25.4. The van der Waals surface area contributed by atoms with E-state index in [9.17, 15) is 23.1 Å². The predicted octanol–water partition coefficient (Wildman–Crippen LogP) is 6.65. The SMILES string of the molecule is Cc1ccn(-c2cc(-c3ccc(OCc4ccccc4)c(F)c3)ccc2C(Oc2cc(N3CCC4(CC3)CN[C@H](C(=O)O)C4)nc(N)n2)C(F)(F)F)n1. The van der Waals surface area contributed by atoms with E-state index in [0.717, 1.165) is 5.56 Å². The number of piperidine rings is 1. The number of halogens is 4. The predicted molar refractivity (Wildman–Crippen MR) is 188 cm³/mol.